The summed E-state index contributed by atoms with van der Waals surface area (Å²) in [6.07, 6.45) is 1.02. The molecule has 34 heavy (non-hydrogen) atoms. The third kappa shape index (κ3) is 7.36. The van der Waals surface area contributed by atoms with Gasteiger partial charge in [0.15, 0.2) is 0 Å². The monoisotopic (exact) mass is 509 g/mol. The molecule has 2 aromatic carbocycles. The number of carbonyl (C=O) groups excluding carboxylic acids is 2. The molecule has 2 aromatic rings. The molecule has 0 aliphatic heterocycles. The van der Waals surface area contributed by atoms with Gasteiger partial charge in [0.1, 0.15) is 18.3 Å². The van der Waals surface area contributed by atoms with E-state index in [1.807, 2.05) is 13.8 Å². The lowest BCUT2D eigenvalue weighted by Crippen LogP contribution is -2.52. The van der Waals surface area contributed by atoms with E-state index in [-0.39, 0.29) is 24.2 Å². The minimum atomic E-state index is -3.81. The number of rotatable bonds is 10. The van der Waals surface area contributed by atoms with Gasteiger partial charge in [0.25, 0.3) is 0 Å². The lowest BCUT2D eigenvalue weighted by molar-refractivity contribution is -0.139. The van der Waals surface area contributed by atoms with E-state index in [0.29, 0.717) is 10.8 Å². The zero-order valence-electron chi connectivity index (χ0n) is 20.3. The third-order valence-electron chi connectivity index (χ3n) is 5.23. The van der Waals surface area contributed by atoms with Crippen molar-refractivity contribution >= 4 is 39.1 Å². The van der Waals surface area contributed by atoms with E-state index in [1.165, 1.54) is 11.0 Å². The van der Waals surface area contributed by atoms with Crippen molar-refractivity contribution in [2.75, 3.05) is 24.2 Å². The largest absolute Gasteiger partial charge is 0.497 e. The van der Waals surface area contributed by atoms with Crippen molar-refractivity contribution in [1.29, 1.82) is 0 Å². The van der Waals surface area contributed by atoms with Crippen LogP contribution in [-0.2, 0) is 26.2 Å². The molecular formula is C24H32ClN3O5S. The fourth-order valence-electron chi connectivity index (χ4n) is 3.27. The SMILES string of the molecule is COc1ccc(CN(C(=O)CN(c2ccc(C)c(Cl)c2)S(C)(=O)=O)[C@@H](C)C(=O)NC(C)C)cc1. The maximum atomic E-state index is 13.5. The normalized spacial score (nSPS) is 12.2. The first kappa shape index (κ1) is 27.5. The Morgan fingerprint density at radius 1 is 1.09 bits per heavy atom. The number of carbonyl (C=O) groups is 2. The van der Waals surface area contributed by atoms with Gasteiger partial charge in [0, 0.05) is 17.6 Å². The van der Waals surface area contributed by atoms with Crippen LogP contribution in [0.25, 0.3) is 0 Å². The van der Waals surface area contributed by atoms with Crippen LogP contribution in [0.4, 0.5) is 5.69 Å². The Labute approximate surface area is 206 Å². The Morgan fingerprint density at radius 3 is 2.21 bits per heavy atom. The number of sulfonamides is 1. The highest BCUT2D eigenvalue weighted by atomic mass is 35.5. The van der Waals surface area contributed by atoms with Crippen LogP contribution in [0.3, 0.4) is 0 Å². The number of halogens is 1. The van der Waals surface area contributed by atoms with Gasteiger partial charge in [-0.25, -0.2) is 8.42 Å². The van der Waals surface area contributed by atoms with Crippen LogP contribution in [0.15, 0.2) is 42.5 Å². The summed E-state index contributed by atoms with van der Waals surface area (Å²) in [7, 11) is -2.26. The maximum absolute atomic E-state index is 13.5. The first-order valence-corrected chi connectivity index (χ1v) is 13.0. The second kappa shape index (κ2) is 11.6. The van der Waals surface area contributed by atoms with Crippen molar-refractivity contribution in [3.8, 4) is 5.75 Å². The molecule has 2 amide bonds. The van der Waals surface area contributed by atoms with Crippen molar-refractivity contribution in [3.63, 3.8) is 0 Å². The molecule has 0 aliphatic carbocycles. The van der Waals surface area contributed by atoms with Crippen LogP contribution in [0, 0.1) is 6.92 Å². The van der Waals surface area contributed by atoms with Crippen molar-refractivity contribution in [1.82, 2.24) is 10.2 Å². The van der Waals surface area contributed by atoms with Crippen molar-refractivity contribution < 1.29 is 22.7 Å². The number of hydrogen-bond acceptors (Lipinski definition) is 5. The van der Waals surface area contributed by atoms with Gasteiger partial charge in [-0.3, -0.25) is 13.9 Å². The van der Waals surface area contributed by atoms with Gasteiger partial charge < -0.3 is 15.0 Å². The summed E-state index contributed by atoms with van der Waals surface area (Å²) in [6, 6.07) is 10.9. The molecule has 0 unspecified atom stereocenters. The van der Waals surface area contributed by atoms with E-state index < -0.39 is 28.5 Å². The van der Waals surface area contributed by atoms with E-state index in [4.69, 9.17) is 16.3 Å². The lowest BCUT2D eigenvalue weighted by Gasteiger charge is -2.32. The first-order valence-electron chi connectivity index (χ1n) is 10.8. The van der Waals surface area contributed by atoms with Crippen LogP contribution < -0.4 is 14.4 Å². The Kier molecular flexibility index (Phi) is 9.35. The molecule has 1 N–H and O–H groups in total. The van der Waals surface area contributed by atoms with Crippen LogP contribution in [0.1, 0.15) is 31.9 Å². The number of anilines is 1. The number of hydrogen-bond donors (Lipinski definition) is 1. The van der Waals surface area contributed by atoms with Gasteiger partial charge in [0.2, 0.25) is 21.8 Å². The molecule has 0 fully saturated rings. The van der Waals surface area contributed by atoms with Gasteiger partial charge >= 0.3 is 0 Å². The summed E-state index contributed by atoms with van der Waals surface area (Å²) in [5.74, 6) is -0.197. The summed E-state index contributed by atoms with van der Waals surface area (Å²) in [6.45, 7) is 6.70. The minimum absolute atomic E-state index is 0.113. The molecule has 0 aromatic heterocycles. The first-order chi connectivity index (χ1) is 15.8. The fraction of sp³-hybridized carbons (Fsp3) is 0.417. The van der Waals surface area contributed by atoms with Gasteiger partial charge in [0.05, 0.1) is 19.1 Å². The molecule has 0 radical (unpaired) electrons. The average Bonchev–Trinajstić information content (AvgIpc) is 2.76. The van der Waals surface area contributed by atoms with E-state index in [9.17, 15) is 18.0 Å². The second-order valence-corrected chi connectivity index (χ2v) is 10.7. The van der Waals surface area contributed by atoms with Gasteiger partial charge in [-0.15, -0.1) is 0 Å². The van der Waals surface area contributed by atoms with Crippen LogP contribution in [-0.4, -0.2) is 57.1 Å². The Balaban J connectivity index is 2.40. The number of methoxy groups -OCH3 is 1. The van der Waals surface area contributed by atoms with Gasteiger partial charge in [-0.2, -0.15) is 0 Å². The summed E-state index contributed by atoms with van der Waals surface area (Å²) in [4.78, 5) is 27.6. The number of ether oxygens (including phenoxy) is 1. The second-order valence-electron chi connectivity index (χ2n) is 8.41. The zero-order valence-corrected chi connectivity index (χ0v) is 21.9. The molecular weight excluding hydrogens is 478 g/mol. The molecule has 0 spiro atoms. The highest BCUT2D eigenvalue weighted by Crippen LogP contribution is 2.25. The smallest absolute Gasteiger partial charge is 0.244 e. The van der Waals surface area contributed by atoms with Gasteiger partial charge in [-0.05, 0) is 63.1 Å². The number of nitrogens with one attached hydrogen (secondary N) is 1. The Morgan fingerprint density at radius 2 is 1.71 bits per heavy atom. The molecule has 0 saturated carbocycles. The number of aryl methyl sites for hydroxylation is 1. The summed E-state index contributed by atoms with van der Waals surface area (Å²) >= 11 is 6.20. The molecule has 2 rings (SSSR count). The third-order valence-corrected chi connectivity index (χ3v) is 6.78. The molecule has 0 heterocycles. The topological polar surface area (TPSA) is 96.0 Å². The zero-order chi connectivity index (χ0) is 25.6. The predicted octanol–water partition coefficient (Wildman–Crippen LogP) is 3.36. The Hall–Kier alpha value is -2.78. The summed E-state index contributed by atoms with van der Waals surface area (Å²) in [5, 5.41) is 3.20. The standard InChI is InChI=1S/C24H32ClN3O5S/c1-16(2)26-24(30)18(4)27(14-19-8-11-21(33-5)12-9-19)23(29)15-28(34(6,31)32)20-10-7-17(3)22(25)13-20/h7-13,16,18H,14-15H2,1-6H3,(H,26,30)/t18-/m0/s1. The Bertz CT molecular complexity index is 1120. The van der Waals surface area contributed by atoms with E-state index >= 15 is 0 Å². The maximum Gasteiger partial charge on any atom is 0.244 e. The fourth-order valence-corrected chi connectivity index (χ4v) is 4.28. The summed E-state index contributed by atoms with van der Waals surface area (Å²) < 4.78 is 31.3. The number of nitrogens with zero attached hydrogens (tertiary/aromatic N) is 2. The molecule has 0 saturated heterocycles. The van der Waals surface area contributed by atoms with Gasteiger partial charge in [-0.1, -0.05) is 29.8 Å². The highest BCUT2D eigenvalue weighted by Gasteiger charge is 2.30. The number of amides is 2. The summed E-state index contributed by atoms with van der Waals surface area (Å²) in [5.41, 5.74) is 1.82. The van der Waals surface area contributed by atoms with Crippen molar-refractivity contribution in [2.24, 2.45) is 0 Å². The predicted molar refractivity (Wildman–Crippen MR) is 135 cm³/mol. The van der Waals surface area contributed by atoms with Crippen molar-refractivity contribution in [2.45, 2.75) is 46.3 Å². The van der Waals surface area contributed by atoms with E-state index in [2.05, 4.69) is 5.32 Å². The quantitative estimate of drug-likeness (QED) is 0.529. The highest BCUT2D eigenvalue weighted by molar-refractivity contribution is 7.92. The minimum Gasteiger partial charge on any atom is -0.497 e. The molecule has 8 nitrogen and oxygen atoms in total. The lowest BCUT2D eigenvalue weighted by atomic mass is 10.1. The number of benzene rings is 2. The molecule has 0 aliphatic rings. The molecule has 186 valence electrons. The van der Waals surface area contributed by atoms with Crippen LogP contribution in [0.5, 0.6) is 5.75 Å². The van der Waals surface area contributed by atoms with Crippen LogP contribution >= 0.6 is 11.6 Å². The van der Waals surface area contributed by atoms with Crippen LogP contribution in [0.2, 0.25) is 5.02 Å². The van der Waals surface area contributed by atoms with E-state index in [0.717, 1.165) is 21.7 Å². The average molecular weight is 510 g/mol. The van der Waals surface area contributed by atoms with Crippen molar-refractivity contribution in [3.05, 3.63) is 58.6 Å². The molecule has 0 bridgehead atoms. The van der Waals surface area contributed by atoms with E-state index in [1.54, 1.807) is 57.4 Å². The molecule has 1 atom stereocenters. The molecule has 10 heteroatoms.